The first kappa shape index (κ1) is 24.8. The first-order valence-electron chi connectivity index (χ1n) is 9.81. The molecule has 2 amide bonds. The molecular formula is C24H20BrCl2N3O3. The number of nitrogens with zero attached hydrogens (tertiary/aromatic N) is 1. The van der Waals surface area contributed by atoms with Crippen molar-refractivity contribution in [3.63, 3.8) is 0 Å². The molecule has 0 saturated heterocycles. The number of rotatable bonds is 6. The Morgan fingerprint density at radius 1 is 1.00 bits per heavy atom. The van der Waals surface area contributed by atoms with Gasteiger partial charge in [0, 0.05) is 31.3 Å². The number of anilines is 1. The Morgan fingerprint density at radius 2 is 1.73 bits per heavy atom. The maximum absolute atomic E-state index is 12.1. The summed E-state index contributed by atoms with van der Waals surface area (Å²) in [5.41, 5.74) is 6.07. The van der Waals surface area contributed by atoms with Crippen LogP contribution in [0.3, 0.4) is 0 Å². The van der Waals surface area contributed by atoms with Gasteiger partial charge < -0.3 is 10.1 Å². The van der Waals surface area contributed by atoms with E-state index in [0.717, 1.165) is 15.6 Å². The molecule has 0 saturated carbocycles. The van der Waals surface area contributed by atoms with E-state index < -0.39 is 11.8 Å². The number of ether oxygens (including phenoxy) is 1. The van der Waals surface area contributed by atoms with Gasteiger partial charge in [0.05, 0.1) is 6.21 Å². The van der Waals surface area contributed by atoms with Crippen molar-refractivity contribution in [1.82, 2.24) is 5.43 Å². The van der Waals surface area contributed by atoms with Gasteiger partial charge in [-0.1, -0.05) is 51.3 Å². The lowest BCUT2D eigenvalue weighted by molar-refractivity contribution is -0.136. The van der Waals surface area contributed by atoms with E-state index in [1.807, 2.05) is 19.9 Å². The number of hydrogen-bond donors (Lipinski definition) is 2. The van der Waals surface area contributed by atoms with Gasteiger partial charge in [0.15, 0.2) is 0 Å². The molecule has 2 N–H and O–H groups in total. The van der Waals surface area contributed by atoms with Crippen LogP contribution in [0.25, 0.3) is 0 Å². The number of amides is 2. The van der Waals surface area contributed by atoms with Gasteiger partial charge in [-0.3, -0.25) is 9.59 Å². The van der Waals surface area contributed by atoms with Crippen LogP contribution in [0, 0.1) is 13.8 Å². The minimum absolute atomic E-state index is 0.145. The molecular weight excluding hydrogens is 529 g/mol. The Kier molecular flexibility index (Phi) is 8.49. The maximum atomic E-state index is 12.1. The van der Waals surface area contributed by atoms with Gasteiger partial charge in [-0.15, -0.1) is 0 Å². The van der Waals surface area contributed by atoms with E-state index >= 15 is 0 Å². The maximum Gasteiger partial charge on any atom is 0.329 e. The van der Waals surface area contributed by atoms with Crippen molar-refractivity contribution in [1.29, 1.82) is 0 Å². The Balaban J connectivity index is 1.65. The summed E-state index contributed by atoms with van der Waals surface area (Å²) in [5, 5.41) is 7.43. The molecule has 0 aliphatic heterocycles. The predicted molar refractivity (Wildman–Crippen MR) is 135 cm³/mol. The van der Waals surface area contributed by atoms with E-state index in [2.05, 4.69) is 31.8 Å². The van der Waals surface area contributed by atoms with Gasteiger partial charge >= 0.3 is 11.8 Å². The fourth-order valence-electron chi connectivity index (χ4n) is 2.79. The average molecular weight is 549 g/mol. The third-order valence-electron chi connectivity index (χ3n) is 4.75. The molecule has 0 aromatic heterocycles. The van der Waals surface area contributed by atoms with Gasteiger partial charge in [0.25, 0.3) is 0 Å². The number of carbonyl (C=O) groups is 2. The van der Waals surface area contributed by atoms with E-state index in [-0.39, 0.29) is 6.61 Å². The number of benzene rings is 3. The zero-order valence-corrected chi connectivity index (χ0v) is 20.9. The van der Waals surface area contributed by atoms with E-state index in [9.17, 15) is 9.59 Å². The van der Waals surface area contributed by atoms with Gasteiger partial charge in [-0.2, -0.15) is 5.10 Å². The van der Waals surface area contributed by atoms with Crippen LogP contribution in [0.1, 0.15) is 22.3 Å². The lowest BCUT2D eigenvalue weighted by Gasteiger charge is -2.12. The molecule has 0 aliphatic rings. The van der Waals surface area contributed by atoms with Crippen molar-refractivity contribution in [3.8, 4) is 5.75 Å². The summed E-state index contributed by atoms with van der Waals surface area (Å²) in [6.07, 6.45) is 1.38. The summed E-state index contributed by atoms with van der Waals surface area (Å²) in [6, 6.07) is 15.9. The summed E-state index contributed by atoms with van der Waals surface area (Å²) in [5.74, 6) is -1.23. The van der Waals surface area contributed by atoms with Crippen LogP contribution in [-0.4, -0.2) is 18.0 Å². The average Bonchev–Trinajstić information content (AvgIpc) is 2.77. The standard InChI is InChI=1S/C24H20BrCl2N3O3/c1-14-6-8-18(10-15(14)2)29-23(31)24(32)30-28-12-16-11-17(25)7-9-22(16)33-13-19-20(26)4-3-5-21(19)27/h3-12H,13H2,1-2H3,(H,29,31)(H,30,32)/b28-12-. The molecule has 0 fully saturated rings. The van der Waals surface area contributed by atoms with Crippen molar-refractivity contribution in [2.24, 2.45) is 5.10 Å². The molecule has 0 spiro atoms. The second-order valence-electron chi connectivity index (χ2n) is 7.12. The van der Waals surface area contributed by atoms with Crippen LogP contribution in [0.15, 0.2) is 64.2 Å². The largest absolute Gasteiger partial charge is 0.488 e. The lowest BCUT2D eigenvalue weighted by atomic mass is 10.1. The van der Waals surface area contributed by atoms with Crippen LogP contribution >= 0.6 is 39.1 Å². The van der Waals surface area contributed by atoms with Crippen molar-refractivity contribution >= 4 is 62.8 Å². The molecule has 9 heteroatoms. The Morgan fingerprint density at radius 3 is 2.42 bits per heavy atom. The smallest absolute Gasteiger partial charge is 0.329 e. The second kappa shape index (κ2) is 11.3. The monoisotopic (exact) mass is 547 g/mol. The normalized spacial score (nSPS) is 10.8. The highest BCUT2D eigenvalue weighted by Crippen LogP contribution is 2.28. The molecule has 33 heavy (non-hydrogen) atoms. The number of nitrogens with one attached hydrogen (secondary N) is 2. The van der Waals surface area contributed by atoms with Gasteiger partial charge in [-0.05, 0) is 67.4 Å². The molecule has 3 rings (SSSR count). The highest BCUT2D eigenvalue weighted by atomic mass is 79.9. The van der Waals surface area contributed by atoms with Gasteiger partial charge in [0.2, 0.25) is 0 Å². The zero-order valence-electron chi connectivity index (χ0n) is 17.8. The lowest BCUT2D eigenvalue weighted by Crippen LogP contribution is -2.32. The van der Waals surface area contributed by atoms with Crippen LogP contribution in [0.5, 0.6) is 5.75 Å². The number of carbonyl (C=O) groups excluding carboxylic acids is 2. The van der Waals surface area contributed by atoms with Crippen LogP contribution in [0.2, 0.25) is 10.0 Å². The van der Waals surface area contributed by atoms with Crippen LogP contribution < -0.4 is 15.5 Å². The first-order valence-corrected chi connectivity index (χ1v) is 11.4. The van der Waals surface area contributed by atoms with Crippen molar-refractivity contribution in [2.45, 2.75) is 20.5 Å². The summed E-state index contributed by atoms with van der Waals surface area (Å²) in [4.78, 5) is 24.3. The molecule has 0 unspecified atom stereocenters. The molecule has 0 radical (unpaired) electrons. The number of aryl methyl sites for hydroxylation is 2. The quantitative estimate of drug-likeness (QED) is 0.224. The Labute approximate surface area is 210 Å². The van der Waals surface area contributed by atoms with Crippen molar-refractivity contribution in [3.05, 3.63) is 91.4 Å². The van der Waals surface area contributed by atoms with E-state index in [1.165, 1.54) is 6.21 Å². The molecule has 3 aromatic carbocycles. The number of hydrogen-bond acceptors (Lipinski definition) is 4. The van der Waals surface area contributed by atoms with E-state index in [4.69, 9.17) is 27.9 Å². The molecule has 0 heterocycles. The summed E-state index contributed by atoms with van der Waals surface area (Å²) < 4.78 is 6.65. The van der Waals surface area contributed by atoms with E-state index in [1.54, 1.807) is 48.5 Å². The fourth-order valence-corrected chi connectivity index (χ4v) is 3.68. The Bertz CT molecular complexity index is 1210. The highest BCUT2D eigenvalue weighted by molar-refractivity contribution is 9.10. The summed E-state index contributed by atoms with van der Waals surface area (Å²) in [6.45, 7) is 4.03. The number of hydrazone groups is 1. The molecule has 170 valence electrons. The topological polar surface area (TPSA) is 79.8 Å². The minimum atomic E-state index is -0.898. The summed E-state index contributed by atoms with van der Waals surface area (Å²) >= 11 is 15.8. The van der Waals surface area contributed by atoms with Crippen LogP contribution in [-0.2, 0) is 16.2 Å². The Hall–Kier alpha value is -2.87. The highest BCUT2D eigenvalue weighted by Gasteiger charge is 2.14. The molecule has 6 nitrogen and oxygen atoms in total. The fraction of sp³-hybridized carbons (Fsp3) is 0.125. The van der Waals surface area contributed by atoms with Crippen molar-refractivity contribution in [2.75, 3.05) is 5.32 Å². The zero-order chi connectivity index (χ0) is 24.0. The van der Waals surface area contributed by atoms with Gasteiger partial charge in [-0.25, -0.2) is 5.43 Å². The number of halogens is 3. The first-order chi connectivity index (χ1) is 15.7. The second-order valence-corrected chi connectivity index (χ2v) is 8.85. The van der Waals surface area contributed by atoms with Gasteiger partial charge in [0.1, 0.15) is 12.4 Å². The molecule has 0 bridgehead atoms. The predicted octanol–water partition coefficient (Wildman–Crippen LogP) is 6.04. The summed E-state index contributed by atoms with van der Waals surface area (Å²) in [7, 11) is 0. The third kappa shape index (κ3) is 6.81. The third-order valence-corrected chi connectivity index (χ3v) is 5.95. The van der Waals surface area contributed by atoms with E-state index in [0.29, 0.717) is 32.6 Å². The van der Waals surface area contributed by atoms with Crippen molar-refractivity contribution < 1.29 is 14.3 Å². The molecule has 0 aliphatic carbocycles. The molecule has 3 aromatic rings. The minimum Gasteiger partial charge on any atom is -0.488 e. The molecule has 0 atom stereocenters. The SMILES string of the molecule is Cc1ccc(NC(=O)C(=O)N/N=C\c2cc(Br)ccc2OCc2c(Cl)cccc2Cl)cc1C. The van der Waals surface area contributed by atoms with Crippen LogP contribution in [0.4, 0.5) is 5.69 Å².